The van der Waals surface area contributed by atoms with E-state index in [2.05, 4.69) is 25.8 Å². The van der Waals surface area contributed by atoms with Crippen LogP contribution in [0.2, 0.25) is 0 Å². The molecule has 2 N–H and O–H groups in total. The van der Waals surface area contributed by atoms with Gasteiger partial charge in [-0.05, 0) is 39.8 Å². The van der Waals surface area contributed by atoms with E-state index >= 15 is 0 Å². The molecule has 1 aromatic carbocycles. The Kier molecular flexibility index (Phi) is 4.16. The number of hydrogen-bond acceptors (Lipinski definition) is 6. The van der Waals surface area contributed by atoms with E-state index in [9.17, 15) is 4.79 Å². The quantitative estimate of drug-likeness (QED) is 0.840. The van der Waals surface area contributed by atoms with Crippen LogP contribution >= 0.6 is 0 Å². The first-order valence-corrected chi connectivity index (χ1v) is 6.69. The average Bonchev–Trinajstić information content (AvgIpc) is 2.37. The lowest BCUT2D eigenvalue weighted by molar-refractivity contribution is 0.101. The molecule has 0 fully saturated rings. The third-order valence-electron chi connectivity index (χ3n) is 2.59. The lowest BCUT2D eigenvalue weighted by Gasteiger charge is -2.20. The molecule has 2 rings (SSSR count). The van der Waals surface area contributed by atoms with Crippen molar-refractivity contribution in [1.82, 2.24) is 15.2 Å². The zero-order valence-electron chi connectivity index (χ0n) is 12.6. The standard InChI is InChI=1S/C15H19N5O/c1-10(21)11-6-5-7-12(8-11)17-14-18-13(9-16-20-14)19-15(2,3)4/h5-9H,1-4H3,(H2,17,18,19,20). The molecule has 0 radical (unpaired) electrons. The Hall–Kier alpha value is -2.50. The fourth-order valence-corrected chi connectivity index (χ4v) is 1.75. The van der Waals surface area contributed by atoms with Crippen molar-refractivity contribution in [2.45, 2.75) is 33.2 Å². The predicted molar refractivity (Wildman–Crippen MR) is 82.9 cm³/mol. The first-order chi connectivity index (χ1) is 9.83. The minimum atomic E-state index is -0.109. The summed E-state index contributed by atoms with van der Waals surface area (Å²) in [6.07, 6.45) is 1.57. The fourth-order valence-electron chi connectivity index (χ4n) is 1.75. The number of benzene rings is 1. The van der Waals surface area contributed by atoms with Gasteiger partial charge in [-0.2, -0.15) is 10.1 Å². The Balaban J connectivity index is 2.18. The Morgan fingerprint density at radius 1 is 1.24 bits per heavy atom. The van der Waals surface area contributed by atoms with Gasteiger partial charge in [0, 0.05) is 16.8 Å². The van der Waals surface area contributed by atoms with Gasteiger partial charge in [-0.1, -0.05) is 12.1 Å². The Morgan fingerprint density at radius 3 is 2.67 bits per heavy atom. The number of ketones is 1. The van der Waals surface area contributed by atoms with Gasteiger partial charge in [-0.15, -0.1) is 5.10 Å². The van der Waals surface area contributed by atoms with E-state index in [1.54, 1.807) is 18.3 Å². The van der Waals surface area contributed by atoms with Gasteiger partial charge in [0.05, 0.1) is 6.20 Å². The van der Waals surface area contributed by atoms with E-state index in [1.807, 2.05) is 32.9 Å². The summed E-state index contributed by atoms with van der Waals surface area (Å²) in [6, 6.07) is 7.18. The SMILES string of the molecule is CC(=O)c1cccc(Nc2nncc(NC(C)(C)C)n2)c1. The molecule has 2 aromatic rings. The summed E-state index contributed by atoms with van der Waals surface area (Å²) in [5, 5.41) is 14.1. The molecule has 0 unspecified atom stereocenters. The first kappa shape index (κ1) is 14.9. The fraction of sp³-hybridized carbons (Fsp3) is 0.333. The molecule has 0 spiro atoms. The van der Waals surface area contributed by atoms with Crippen molar-refractivity contribution in [3.8, 4) is 0 Å². The summed E-state index contributed by atoms with van der Waals surface area (Å²) in [5.41, 5.74) is 1.27. The molecular weight excluding hydrogens is 266 g/mol. The second kappa shape index (κ2) is 5.87. The van der Waals surface area contributed by atoms with E-state index in [4.69, 9.17) is 0 Å². The zero-order chi connectivity index (χ0) is 15.5. The summed E-state index contributed by atoms with van der Waals surface area (Å²) >= 11 is 0. The normalized spacial score (nSPS) is 11.0. The molecule has 0 saturated heterocycles. The van der Waals surface area contributed by atoms with Gasteiger partial charge in [0.1, 0.15) is 0 Å². The van der Waals surface area contributed by atoms with Crippen LogP contribution in [0, 0.1) is 0 Å². The number of carbonyl (C=O) groups excluding carboxylic acids is 1. The van der Waals surface area contributed by atoms with Crippen LogP contribution in [0.4, 0.5) is 17.5 Å². The largest absolute Gasteiger partial charge is 0.364 e. The van der Waals surface area contributed by atoms with Crippen molar-refractivity contribution < 1.29 is 4.79 Å². The molecule has 0 atom stereocenters. The maximum absolute atomic E-state index is 11.4. The highest BCUT2D eigenvalue weighted by Gasteiger charge is 2.11. The van der Waals surface area contributed by atoms with Gasteiger partial charge in [-0.25, -0.2) is 0 Å². The summed E-state index contributed by atoms with van der Waals surface area (Å²) in [4.78, 5) is 15.7. The average molecular weight is 285 g/mol. The van der Waals surface area contributed by atoms with E-state index in [0.29, 0.717) is 17.3 Å². The number of rotatable bonds is 4. The van der Waals surface area contributed by atoms with Crippen LogP contribution in [-0.4, -0.2) is 26.5 Å². The van der Waals surface area contributed by atoms with Crippen molar-refractivity contribution >= 4 is 23.2 Å². The van der Waals surface area contributed by atoms with Crippen molar-refractivity contribution in [1.29, 1.82) is 0 Å². The molecule has 6 heteroatoms. The van der Waals surface area contributed by atoms with Gasteiger partial charge in [0.15, 0.2) is 11.6 Å². The highest BCUT2D eigenvalue weighted by atomic mass is 16.1. The molecule has 1 aromatic heterocycles. The van der Waals surface area contributed by atoms with Crippen molar-refractivity contribution in [3.63, 3.8) is 0 Å². The first-order valence-electron chi connectivity index (χ1n) is 6.69. The maximum Gasteiger partial charge on any atom is 0.249 e. The van der Waals surface area contributed by atoms with E-state index in [-0.39, 0.29) is 11.3 Å². The van der Waals surface area contributed by atoms with Crippen LogP contribution in [0.3, 0.4) is 0 Å². The van der Waals surface area contributed by atoms with E-state index < -0.39 is 0 Å². The monoisotopic (exact) mass is 285 g/mol. The van der Waals surface area contributed by atoms with E-state index in [1.165, 1.54) is 6.92 Å². The Morgan fingerprint density at radius 2 is 2.00 bits per heavy atom. The van der Waals surface area contributed by atoms with Crippen molar-refractivity contribution in [2.24, 2.45) is 0 Å². The number of Topliss-reactive ketones (excluding diaryl/α,β-unsaturated/α-hetero) is 1. The van der Waals surface area contributed by atoms with Crippen molar-refractivity contribution in [2.75, 3.05) is 10.6 Å². The third kappa shape index (κ3) is 4.52. The molecule has 0 aliphatic rings. The molecule has 0 saturated carbocycles. The van der Waals surface area contributed by atoms with Gasteiger partial charge >= 0.3 is 0 Å². The van der Waals surface area contributed by atoms with Crippen LogP contribution in [-0.2, 0) is 0 Å². The molecule has 0 aliphatic carbocycles. The topological polar surface area (TPSA) is 79.8 Å². The lowest BCUT2D eigenvalue weighted by Crippen LogP contribution is -2.27. The van der Waals surface area contributed by atoms with Crippen molar-refractivity contribution in [3.05, 3.63) is 36.0 Å². The predicted octanol–water partition coefficient (Wildman–Crippen LogP) is 3.03. The number of nitrogens with one attached hydrogen (secondary N) is 2. The second-order valence-electron chi connectivity index (χ2n) is 5.80. The van der Waals surface area contributed by atoms with Crippen LogP contribution in [0.1, 0.15) is 38.1 Å². The summed E-state index contributed by atoms with van der Waals surface area (Å²) in [6.45, 7) is 7.65. The molecule has 21 heavy (non-hydrogen) atoms. The van der Waals surface area contributed by atoms with Crippen LogP contribution in [0.25, 0.3) is 0 Å². The minimum absolute atomic E-state index is 0.0147. The Bertz CT molecular complexity index is 649. The summed E-state index contributed by atoms with van der Waals surface area (Å²) < 4.78 is 0. The summed E-state index contributed by atoms with van der Waals surface area (Å²) in [7, 11) is 0. The Labute approximate surface area is 124 Å². The smallest absolute Gasteiger partial charge is 0.249 e. The van der Waals surface area contributed by atoms with Gasteiger partial charge in [-0.3, -0.25) is 4.79 Å². The number of hydrogen-bond donors (Lipinski definition) is 2. The maximum atomic E-state index is 11.4. The molecular formula is C15H19N5O. The van der Waals surface area contributed by atoms with E-state index in [0.717, 1.165) is 5.69 Å². The number of nitrogens with zero attached hydrogens (tertiary/aromatic N) is 3. The summed E-state index contributed by atoms with van der Waals surface area (Å²) in [5.74, 6) is 1.04. The molecule has 0 amide bonds. The molecule has 0 aliphatic heterocycles. The minimum Gasteiger partial charge on any atom is -0.364 e. The lowest BCUT2D eigenvalue weighted by atomic mass is 10.1. The van der Waals surface area contributed by atoms with Gasteiger partial charge < -0.3 is 10.6 Å². The third-order valence-corrected chi connectivity index (χ3v) is 2.59. The number of anilines is 3. The highest BCUT2D eigenvalue weighted by molar-refractivity contribution is 5.95. The van der Waals surface area contributed by atoms with Gasteiger partial charge in [0.2, 0.25) is 5.95 Å². The molecule has 110 valence electrons. The second-order valence-corrected chi connectivity index (χ2v) is 5.80. The molecule has 6 nitrogen and oxygen atoms in total. The molecule has 1 heterocycles. The highest BCUT2D eigenvalue weighted by Crippen LogP contribution is 2.17. The van der Waals surface area contributed by atoms with Crippen LogP contribution in [0.15, 0.2) is 30.5 Å². The number of carbonyl (C=O) groups is 1. The van der Waals surface area contributed by atoms with Crippen LogP contribution < -0.4 is 10.6 Å². The molecule has 0 bridgehead atoms. The number of aromatic nitrogens is 3. The zero-order valence-corrected chi connectivity index (χ0v) is 12.6. The van der Waals surface area contributed by atoms with Gasteiger partial charge in [0.25, 0.3) is 0 Å². The van der Waals surface area contributed by atoms with Crippen LogP contribution in [0.5, 0.6) is 0 Å².